The Kier molecular flexibility index (Phi) is 7.26. The molecule has 3 rings (SSSR count). The summed E-state index contributed by atoms with van der Waals surface area (Å²) < 4.78 is 12.4. The molecule has 0 saturated carbocycles. The van der Waals surface area contributed by atoms with E-state index in [4.69, 9.17) is 20.8 Å². The molecule has 0 aromatic heterocycles. The Morgan fingerprint density at radius 2 is 1.77 bits per heavy atom. The van der Waals surface area contributed by atoms with Crippen molar-refractivity contribution in [2.24, 2.45) is 0 Å². The maximum absolute atomic E-state index is 13.9. The number of hydrogen-bond donors (Lipinski definition) is 1. The monoisotopic (exact) mass is 522 g/mol. The topological polar surface area (TPSA) is 67.9 Å². The summed E-state index contributed by atoms with van der Waals surface area (Å²) in [6.07, 6.45) is 1.49. The van der Waals surface area contributed by atoms with Crippen molar-refractivity contribution in [2.45, 2.75) is 122 Å². The first-order valence-electron chi connectivity index (χ1n) is 12.6. The van der Waals surface area contributed by atoms with E-state index in [0.717, 1.165) is 18.4 Å². The third kappa shape index (κ3) is 5.57. The Morgan fingerprint density at radius 3 is 2.31 bits per heavy atom. The molecule has 0 bridgehead atoms. The van der Waals surface area contributed by atoms with Crippen molar-refractivity contribution in [1.82, 2.24) is 10.2 Å². The van der Waals surface area contributed by atoms with Crippen LogP contribution in [-0.2, 0) is 19.5 Å². The van der Waals surface area contributed by atoms with Crippen LogP contribution in [0.15, 0.2) is 24.3 Å². The van der Waals surface area contributed by atoms with Crippen molar-refractivity contribution in [3.63, 3.8) is 0 Å². The van der Waals surface area contributed by atoms with Gasteiger partial charge in [-0.3, -0.25) is 4.79 Å². The molecular formula is C27H43ClN2O4Si. The molecule has 3 atom stereocenters. The molecule has 8 heteroatoms. The van der Waals surface area contributed by atoms with E-state index in [1.54, 1.807) is 0 Å². The molecule has 0 unspecified atom stereocenters. The Morgan fingerprint density at radius 1 is 1.14 bits per heavy atom. The SMILES string of the molecule is CC(C)(C)OC(=O)N[C@H]1C[C@@]2(c3cccc(Cl)c3)CC[C@H](C(C)(C)O[Si](C)(C)C(C)(C)C)N2C1=O. The molecule has 196 valence electrons. The molecule has 0 radical (unpaired) electrons. The predicted octanol–water partition coefficient (Wildman–Crippen LogP) is 6.62. The number of halogens is 1. The Hall–Kier alpha value is -1.57. The smallest absolute Gasteiger partial charge is 0.408 e. The maximum atomic E-state index is 13.9. The van der Waals surface area contributed by atoms with Crippen molar-refractivity contribution < 1.29 is 18.8 Å². The lowest BCUT2D eigenvalue weighted by atomic mass is 9.85. The lowest BCUT2D eigenvalue weighted by molar-refractivity contribution is -0.138. The maximum Gasteiger partial charge on any atom is 0.408 e. The fraction of sp³-hybridized carbons (Fsp3) is 0.704. The standard InChI is InChI=1S/C27H43ClN2O4Si/c1-24(2,3)33-23(32)29-20-17-27(18-12-11-13-19(28)16-18)15-14-21(30(27)22(20)31)26(7,8)34-35(9,10)25(4,5)6/h11-13,16,20-21H,14-15,17H2,1-10H3,(H,29,32)/t20-,21+,27+/m0/s1. The second kappa shape index (κ2) is 9.07. The number of alkyl carbamates (subject to hydrolysis) is 1. The molecule has 0 spiro atoms. The molecular weight excluding hydrogens is 480 g/mol. The number of nitrogens with one attached hydrogen (secondary N) is 1. The van der Waals surface area contributed by atoms with Gasteiger partial charge in [0.05, 0.1) is 17.2 Å². The van der Waals surface area contributed by atoms with Crippen LogP contribution >= 0.6 is 11.6 Å². The first-order chi connectivity index (χ1) is 15.8. The van der Waals surface area contributed by atoms with E-state index in [9.17, 15) is 9.59 Å². The molecule has 2 aliphatic heterocycles. The van der Waals surface area contributed by atoms with Gasteiger partial charge in [-0.1, -0.05) is 44.5 Å². The van der Waals surface area contributed by atoms with Crippen LogP contribution < -0.4 is 5.32 Å². The molecule has 6 nitrogen and oxygen atoms in total. The van der Waals surface area contributed by atoms with Crippen LogP contribution in [0.25, 0.3) is 0 Å². The van der Waals surface area contributed by atoms with Crippen LogP contribution in [0.1, 0.15) is 80.2 Å². The van der Waals surface area contributed by atoms with Crippen LogP contribution in [-0.4, -0.2) is 48.5 Å². The molecule has 1 aromatic rings. The van der Waals surface area contributed by atoms with Gasteiger partial charge in [-0.15, -0.1) is 0 Å². The predicted molar refractivity (Wildman–Crippen MR) is 143 cm³/mol. The number of carbonyl (C=O) groups is 2. The van der Waals surface area contributed by atoms with Crippen molar-refractivity contribution in [3.05, 3.63) is 34.9 Å². The summed E-state index contributed by atoms with van der Waals surface area (Å²) >= 11 is 6.39. The first-order valence-corrected chi connectivity index (χ1v) is 15.9. The average Bonchev–Trinajstić information content (AvgIpc) is 3.16. The van der Waals surface area contributed by atoms with E-state index in [2.05, 4.69) is 53.0 Å². The zero-order chi connectivity index (χ0) is 26.6. The van der Waals surface area contributed by atoms with E-state index in [-0.39, 0.29) is 17.0 Å². The highest BCUT2D eigenvalue weighted by Gasteiger charge is 2.62. The normalized spacial score (nSPS) is 25.6. The molecule has 1 aromatic carbocycles. The third-order valence-electron chi connectivity index (χ3n) is 7.86. The number of hydrogen-bond acceptors (Lipinski definition) is 4. The summed E-state index contributed by atoms with van der Waals surface area (Å²) in [6.45, 7) is 20.8. The van der Waals surface area contributed by atoms with Crippen LogP contribution in [0, 0.1) is 0 Å². The molecule has 2 saturated heterocycles. The molecule has 2 aliphatic rings. The molecule has 0 aliphatic carbocycles. The summed E-state index contributed by atoms with van der Waals surface area (Å²) in [5.74, 6) is -0.0924. The number of amides is 2. The van der Waals surface area contributed by atoms with Crippen molar-refractivity contribution in [2.75, 3.05) is 0 Å². The average molecular weight is 523 g/mol. The van der Waals surface area contributed by atoms with Crippen LogP contribution in [0.5, 0.6) is 0 Å². The minimum atomic E-state index is -2.11. The molecule has 35 heavy (non-hydrogen) atoms. The fourth-order valence-electron chi connectivity index (χ4n) is 5.36. The minimum Gasteiger partial charge on any atom is -0.444 e. The van der Waals surface area contributed by atoms with E-state index in [1.807, 2.05) is 49.9 Å². The Bertz CT molecular complexity index is 982. The third-order valence-corrected chi connectivity index (χ3v) is 12.7. The van der Waals surface area contributed by atoms with Gasteiger partial charge < -0.3 is 19.4 Å². The summed E-state index contributed by atoms with van der Waals surface area (Å²) in [7, 11) is -2.11. The van der Waals surface area contributed by atoms with Gasteiger partial charge in [0.25, 0.3) is 0 Å². The highest BCUT2D eigenvalue weighted by molar-refractivity contribution is 6.74. The summed E-state index contributed by atoms with van der Waals surface area (Å²) in [6, 6.07) is 6.95. The van der Waals surface area contributed by atoms with Crippen LogP contribution in [0.2, 0.25) is 23.2 Å². The van der Waals surface area contributed by atoms with Gasteiger partial charge in [0.2, 0.25) is 5.91 Å². The summed E-state index contributed by atoms with van der Waals surface area (Å²) in [5.41, 5.74) is -0.758. The van der Waals surface area contributed by atoms with Crippen LogP contribution in [0.4, 0.5) is 4.79 Å². The van der Waals surface area contributed by atoms with Gasteiger partial charge in [-0.25, -0.2) is 4.79 Å². The molecule has 2 heterocycles. The van der Waals surface area contributed by atoms with Crippen molar-refractivity contribution in [3.8, 4) is 0 Å². The number of ether oxygens (including phenoxy) is 1. The summed E-state index contributed by atoms with van der Waals surface area (Å²) in [4.78, 5) is 28.6. The van der Waals surface area contributed by atoms with Crippen molar-refractivity contribution >= 4 is 31.9 Å². The largest absolute Gasteiger partial charge is 0.444 e. The van der Waals surface area contributed by atoms with E-state index in [1.165, 1.54) is 0 Å². The summed E-state index contributed by atoms with van der Waals surface area (Å²) in [5, 5.41) is 3.53. The van der Waals surface area contributed by atoms with Gasteiger partial charge in [0.15, 0.2) is 8.32 Å². The lowest BCUT2D eigenvalue weighted by Gasteiger charge is -2.48. The second-order valence-electron chi connectivity index (χ2n) is 13.2. The Labute approximate surface area is 217 Å². The number of fused-ring (bicyclic) bond motifs is 1. The highest BCUT2D eigenvalue weighted by atomic mass is 35.5. The lowest BCUT2D eigenvalue weighted by Crippen LogP contribution is -2.58. The highest BCUT2D eigenvalue weighted by Crippen LogP contribution is 2.54. The minimum absolute atomic E-state index is 0.0444. The van der Waals surface area contributed by atoms with E-state index < -0.39 is 37.2 Å². The first kappa shape index (κ1) is 28.0. The van der Waals surface area contributed by atoms with Gasteiger partial charge in [-0.2, -0.15) is 0 Å². The molecule has 2 fully saturated rings. The number of nitrogens with zero attached hydrogens (tertiary/aromatic N) is 1. The zero-order valence-corrected chi connectivity index (χ0v) is 24.8. The van der Waals surface area contributed by atoms with E-state index >= 15 is 0 Å². The number of benzene rings is 1. The van der Waals surface area contributed by atoms with Gasteiger partial charge in [0, 0.05) is 11.4 Å². The van der Waals surface area contributed by atoms with Crippen molar-refractivity contribution in [1.29, 1.82) is 0 Å². The second-order valence-corrected chi connectivity index (χ2v) is 18.3. The molecule has 1 N–H and O–H groups in total. The van der Waals surface area contributed by atoms with Gasteiger partial charge in [-0.05, 0) is 83.3 Å². The fourth-order valence-corrected chi connectivity index (χ4v) is 7.31. The quantitative estimate of drug-likeness (QED) is 0.441. The number of carbonyl (C=O) groups excluding carboxylic acids is 2. The Balaban J connectivity index is 1.99. The number of rotatable bonds is 5. The van der Waals surface area contributed by atoms with Crippen LogP contribution in [0.3, 0.4) is 0 Å². The van der Waals surface area contributed by atoms with Gasteiger partial charge >= 0.3 is 6.09 Å². The van der Waals surface area contributed by atoms with Gasteiger partial charge in [0.1, 0.15) is 11.6 Å². The molecule has 2 amide bonds. The zero-order valence-electron chi connectivity index (χ0n) is 23.0. The van der Waals surface area contributed by atoms with E-state index in [0.29, 0.717) is 11.4 Å².